The largest absolute Gasteiger partial charge is 0.329 e. The molecule has 0 spiro atoms. The van der Waals surface area contributed by atoms with Gasteiger partial charge in [-0.15, -0.1) is 0 Å². The predicted octanol–water partition coefficient (Wildman–Crippen LogP) is 4.41. The summed E-state index contributed by atoms with van der Waals surface area (Å²) >= 11 is 8.83. The smallest absolute Gasteiger partial charge is 0.183 e. The predicted molar refractivity (Wildman–Crippen MR) is 83.3 cm³/mol. The van der Waals surface area contributed by atoms with Gasteiger partial charge in [-0.3, -0.25) is 4.57 Å². The first-order valence-corrected chi connectivity index (χ1v) is 7.25. The average Bonchev–Trinajstić information content (AvgIpc) is 2.73. The number of aromatic nitrogens is 3. The topological polar surface area (TPSA) is 33.6 Å². The van der Waals surface area contributed by atoms with Crippen molar-refractivity contribution in [1.29, 1.82) is 0 Å². The Balaban J connectivity index is 2.29. The second kappa shape index (κ2) is 4.90. The van der Waals surface area contributed by atoms with Crippen molar-refractivity contribution in [2.45, 2.75) is 13.3 Å². The first kappa shape index (κ1) is 12.6. The standard InChI is InChI=1S/C14H12BrN3S/c1-2-9-4-3-5-11(6-9)18-13-12(17-14(18)19)7-10(15)8-16-13/h3-8H,2H2,1H3,(H,17,19). The molecule has 19 heavy (non-hydrogen) atoms. The van der Waals surface area contributed by atoms with E-state index < -0.39 is 0 Å². The van der Waals surface area contributed by atoms with Gasteiger partial charge in [-0.25, -0.2) is 4.98 Å². The van der Waals surface area contributed by atoms with Crippen LogP contribution in [0.15, 0.2) is 41.0 Å². The molecule has 1 N–H and O–H groups in total. The Kier molecular flexibility index (Phi) is 3.24. The van der Waals surface area contributed by atoms with Crippen LogP contribution in [0.1, 0.15) is 12.5 Å². The molecule has 0 saturated carbocycles. The van der Waals surface area contributed by atoms with Gasteiger partial charge in [0.2, 0.25) is 0 Å². The van der Waals surface area contributed by atoms with Crippen molar-refractivity contribution in [3.63, 3.8) is 0 Å². The van der Waals surface area contributed by atoms with E-state index in [1.54, 1.807) is 6.20 Å². The Hall–Kier alpha value is -1.46. The van der Waals surface area contributed by atoms with Crippen molar-refractivity contribution in [2.75, 3.05) is 0 Å². The molecule has 3 nitrogen and oxygen atoms in total. The lowest BCUT2D eigenvalue weighted by Crippen LogP contribution is -1.96. The van der Waals surface area contributed by atoms with E-state index in [1.165, 1.54) is 5.56 Å². The van der Waals surface area contributed by atoms with Gasteiger partial charge in [0.25, 0.3) is 0 Å². The fourth-order valence-corrected chi connectivity index (χ4v) is 2.76. The van der Waals surface area contributed by atoms with E-state index in [1.807, 2.05) is 22.8 Å². The second-order valence-corrected chi connectivity index (χ2v) is 5.62. The molecule has 2 aromatic heterocycles. The van der Waals surface area contributed by atoms with Gasteiger partial charge in [0, 0.05) is 10.7 Å². The van der Waals surface area contributed by atoms with Crippen LogP contribution in [0.25, 0.3) is 16.9 Å². The minimum absolute atomic E-state index is 0.661. The van der Waals surface area contributed by atoms with Gasteiger partial charge in [0.05, 0.1) is 11.2 Å². The summed E-state index contributed by atoms with van der Waals surface area (Å²) in [7, 11) is 0. The summed E-state index contributed by atoms with van der Waals surface area (Å²) < 4.78 is 3.57. The number of H-pyrrole nitrogens is 1. The Bertz CT molecular complexity index is 804. The molecule has 1 aromatic carbocycles. The van der Waals surface area contributed by atoms with E-state index in [4.69, 9.17) is 12.2 Å². The number of hydrogen-bond acceptors (Lipinski definition) is 2. The zero-order valence-corrected chi connectivity index (χ0v) is 12.8. The van der Waals surface area contributed by atoms with E-state index in [-0.39, 0.29) is 0 Å². The normalized spacial score (nSPS) is 11.1. The fourth-order valence-electron chi connectivity index (χ4n) is 2.12. The number of pyridine rings is 1. The van der Waals surface area contributed by atoms with E-state index in [9.17, 15) is 0 Å². The van der Waals surface area contributed by atoms with Gasteiger partial charge >= 0.3 is 0 Å². The molecule has 3 rings (SSSR count). The van der Waals surface area contributed by atoms with Crippen LogP contribution < -0.4 is 0 Å². The van der Waals surface area contributed by atoms with Crippen LogP contribution in [-0.2, 0) is 6.42 Å². The molecule has 0 radical (unpaired) electrons. The van der Waals surface area contributed by atoms with E-state index >= 15 is 0 Å². The number of halogens is 1. The maximum absolute atomic E-state index is 5.41. The van der Waals surface area contributed by atoms with Gasteiger partial charge in [0.15, 0.2) is 10.4 Å². The summed E-state index contributed by atoms with van der Waals surface area (Å²) in [4.78, 5) is 7.64. The highest BCUT2D eigenvalue weighted by Gasteiger charge is 2.08. The number of imidazole rings is 1. The molecule has 96 valence electrons. The third kappa shape index (κ3) is 2.24. The molecule has 0 atom stereocenters. The number of aromatic amines is 1. The van der Waals surface area contributed by atoms with Crippen molar-refractivity contribution >= 4 is 39.3 Å². The summed E-state index contributed by atoms with van der Waals surface area (Å²) in [5.41, 5.74) is 4.11. The van der Waals surface area contributed by atoms with E-state index in [0.29, 0.717) is 4.77 Å². The SMILES string of the molecule is CCc1cccc(-n2c(=S)[nH]c3cc(Br)cnc32)c1. The number of aryl methyl sites for hydroxylation is 1. The van der Waals surface area contributed by atoms with Crippen LogP contribution in [0.4, 0.5) is 0 Å². The number of rotatable bonds is 2. The summed E-state index contributed by atoms with van der Waals surface area (Å²) in [6, 6.07) is 10.3. The summed E-state index contributed by atoms with van der Waals surface area (Å²) in [5, 5.41) is 0. The van der Waals surface area contributed by atoms with Crippen molar-refractivity contribution in [3.8, 4) is 5.69 Å². The molecular weight excluding hydrogens is 322 g/mol. The number of nitrogens with zero attached hydrogens (tertiary/aromatic N) is 2. The molecule has 0 bridgehead atoms. The first-order valence-electron chi connectivity index (χ1n) is 6.04. The van der Waals surface area contributed by atoms with Crippen LogP contribution in [0, 0.1) is 4.77 Å². The molecule has 0 amide bonds. The molecule has 5 heteroatoms. The minimum atomic E-state index is 0.661. The summed E-state index contributed by atoms with van der Waals surface area (Å²) in [6.45, 7) is 2.14. The van der Waals surface area contributed by atoms with Crippen LogP contribution in [0.2, 0.25) is 0 Å². The highest BCUT2D eigenvalue weighted by Crippen LogP contribution is 2.21. The van der Waals surface area contributed by atoms with Gasteiger partial charge in [-0.2, -0.15) is 0 Å². The summed E-state index contributed by atoms with van der Waals surface area (Å²) in [6.07, 6.45) is 2.79. The van der Waals surface area contributed by atoms with Crippen LogP contribution in [0.3, 0.4) is 0 Å². The molecule has 3 aromatic rings. The first-order chi connectivity index (χ1) is 9.19. The molecular formula is C14H12BrN3S. The number of hydrogen-bond donors (Lipinski definition) is 1. The average molecular weight is 334 g/mol. The van der Waals surface area contributed by atoms with Crippen molar-refractivity contribution < 1.29 is 0 Å². The highest BCUT2D eigenvalue weighted by molar-refractivity contribution is 9.10. The van der Waals surface area contributed by atoms with Gasteiger partial charge in [0.1, 0.15) is 0 Å². The Labute approximate surface area is 124 Å². The minimum Gasteiger partial charge on any atom is -0.329 e. The zero-order chi connectivity index (χ0) is 13.4. The highest BCUT2D eigenvalue weighted by atomic mass is 79.9. The Morgan fingerprint density at radius 1 is 1.37 bits per heavy atom. The van der Waals surface area contributed by atoms with Crippen LogP contribution >= 0.6 is 28.1 Å². The van der Waals surface area contributed by atoms with Crippen molar-refractivity contribution in [3.05, 3.63) is 51.3 Å². The van der Waals surface area contributed by atoms with Crippen LogP contribution in [0.5, 0.6) is 0 Å². The zero-order valence-electron chi connectivity index (χ0n) is 10.4. The lowest BCUT2D eigenvalue weighted by molar-refractivity contribution is 1.03. The maximum atomic E-state index is 5.41. The molecule has 2 heterocycles. The fraction of sp³-hybridized carbons (Fsp3) is 0.143. The van der Waals surface area contributed by atoms with Crippen molar-refractivity contribution in [1.82, 2.24) is 14.5 Å². The van der Waals surface area contributed by atoms with E-state index in [2.05, 4.69) is 45.0 Å². The van der Waals surface area contributed by atoms with Gasteiger partial charge in [-0.1, -0.05) is 19.1 Å². The molecule has 0 saturated heterocycles. The molecule has 0 aliphatic heterocycles. The third-order valence-electron chi connectivity index (χ3n) is 3.07. The number of fused-ring (bicyclic) bond motifs is 1. The number of nitrogens with one attached hydrogen (secondary N) is 1. The van der Waals surface area contributed by atoms with Crippen LogP contribution in [-0.4, -0.2) is 14.5 Å². The number of benzene rings is 1. The molecule has 0 unspecified atom stereocenters. The maximum Gasteiger partial charge on any atom is 0.183 e. The Morgan fingerprint density at radius 2 is 2.21 bits per heavy atom. The Morgan fingerprint density at radius 3 is 3.00 bits per heavy atom. The molecule has 0 aliphatic carbocycles. The van der Waals surface area contributed by atoms with Gasteiger partial charge in [-0.05, 0) is 58.3 Å². The molecule has 0 aliphatic rings. The van der Waals surface area contributed by atoms with E-state index in [0.717, 1.165) is 27.7 Å². The molecule has 0 fully saturated rings. The third-order valence-corrected chi connectivity index (χ3v) is 3.79. The lowest BCUT2D eigenvalue weighted by atomic mass is 10.1. The summed E-state index contributed by atoms with van der Waals surface area (Å²) in [5.74, 6) is 0. The van der Waals surface area contributed by atoms with Crippen molar-refractivity contribution in [2.24, 2.45) is 0 Å². The quantitative estimate of drug-likeness (QED) is 0.705. The monoisotopic (exact) mass is 333 g/mol. The van der Waals surface area contributed by atoms with Gasteiger partial charge < -0.3 is 4.98 Å². The lowest BCUT2D eigenvalue weighted by Gasteiger charge is -2.05. The second-order valence-electron chi connectivity index (χ2n) is 4.31.